The Morgan fingerprint density at radius 3 is 2.63 bits per heavy atom. The van der Waals surface area contributed by atoms with Gasteiger partial charge in [-0.25, -0.2) is 9.18 Å². The van der Waals surface area contributed by atoms with Crippen LogP contribution in [0.4, 0.5) is 10.1 Å². The van der Waals surface area contributed by atoms with Gasteiger partial charge in [-0.3, -0.25) is 9.20 Å². The quantitative estimate of drug-likeness (QED) is 0.830. The number of carboxylic acids is 1. The van der Waals surface area contributed by atoms with Crippen LogP contribution in [0.1, 0.15) is 53.1 Å². The van der Waals surface area contributed by atoms with E-state index in [4.69, 9.17) is 0 Å². The topological polar surface area (TPSA) is 82.2 Å². The summed E-state index contributed by atoms with van der Waals surface area (Å²) in [6.07, 6.45) is 4.63. The fourth-order valence-corrected chi connectivity index (χ4v) is 4.17. The molecule has 0 aromatic carbocycles. The van der Waals surface area contributed by atoms with Crippen LogP contribution in [0, 0.1) is 12.7 Å². The van der Waals surface area contributed by atoms with Gasteiger partial charge in [0.05, 0.1) is 30.0 Å². The van der Waals surface area contributed by atoms with E-state index in [1.807, 2.05) is 4.90 Å². The molecule has 1 saturated carbocycles. The molecule has 1 aliphatic heterocycles. The average molecular weight is 397 g/mol. The van der Waals surface area contributed by atoms with Crippen molar-refractivity contribution in [2.24, 2.45) is 0 Å². The van der Waals surface area contributed by atoms with Gasteiger partial charge in [0, 0.05) is 6.54 Å². The molecular weight excluding hydrogens is 375 g/mol. The molecule has 2 aliphatic rings. The molecule has 0 spiro atoms. The molecule has 8 heteroatoms. The van der Waals surface area contributed by atoms with Crippen molar-refractivity contribution >= 4 is 29.6 Å². The lowest BCUT2D eigenvalue weighted by Crippen LogP contribution is -2.34. The molecule has 2 N–H and O–H groups in total. The van der Waals surface area contributed by atoms with Gasteiger partial charge in [-0.1, -0.05) is 0 Å². The highest BCUT2D eigenvalue weighted by Gasteiger charge is 2.33. The Kier molecular flexibility index (Phi) is 5.18. The predicted octanol–water partition coefficient (Wildman–Crippen LogP) is 2.71. The predicted molar refractivity (Wildman–Crippen MR) is 102 cm³/mol. The Hall–Kier alpha value is -2.12. The van der Waals surface area contributed by atoms with E-state index in [9.17, 15) is 24.2 Å². The number of nitrogens with zero attached hydrogens (tertiary/aromatic N) is 2. The number of pyridine rings is 2. The molecule has 1 aliphatic carbocycles. The van der Waals surface area contributed by atoms with Crippen molar-refractivity contribution in [2.45, 2.75) is 44.6 Å². The molecule has 1 atom stereocenters. The molecule has 2 aromatic rings. The number of hydrogen-bond donors (Lipinski definition) is 2. The first kappa shape index (κ1) is 19.6. The number of aliphatic hydroxyl groups excluding tert-OH is 1. The Morgan fingerprint density at radius 2 is 2.04 bits per heavy atom. The number of fused-ring (bicyclic) bond motifs is 1. The van der Waals surface area contributed by atoms with Crippen LogP contribution in [0.3, 0.4) is 0 Å². The van der Waals surface area contributed by atoms with Crippen molar-refractivity contribution in [3.8, 4) is 0 Å². The molecule has 1 saturated heterocycles. The first-order valence-corrected chi connectivity index (χ1v) is 8.93. The third kappa shape index (κ3) is 3.08. The van der Waals surface area contributed by atoms with Crippen molar-refractivity contribution in [1.29, 1.82) is 0 Å². The fourth-order valence-electron chi connectivity index (χ4n) is 4.17. The van der Waals surface area contributed by atoms with Crippen molar-refractivity contribution in [3.63, 3.8) is 0 Å². The molecule has 0 radical (unpaired) electrons. The third-order valence-electron chi connectivity index (χ3n) is 5.57. The van der Waals surface area contributed by atoms with Crippen molar-refractivity contribution in [3.05, 3.63) is 45.1 Å². The zero-order valence-corrected chi connectivity index (χ0v) is 15.8. The number of aromatic nitrogens is 1. The summed E-state index contributed by atoms with van der Waals surface area (Å²) in [5, 5.41) is 18.9. The molecule has 6 nitrogen and oxygen atoms in total. The Bertz CT molecular complexity index is 971. The second-order valence-corrected chi connectivity index (χ2v) is 7.24. The largest absolute Gasteiger partial charge is 0.477 e. The van der Waals surface area contributed by atoms with Gasteiger partial charge in [0.15, 0.2) is 5.82 Å². The van der Waals surface area contributed by atoms with Crippen LogP contribution in [-0.4, -0.2) is 39.8 Å². The maximum atomic E-state index is 15.0. The molecule has 146 valence electrons. The molecule has 0 unspecified atom stereocenters. The summed E-state index contributed by atoms with van der Waals surface area (Å²) in [5.41, 5.74) is 1.38. The van der Waals surface area contributed by atoms with Crippen molar-refractivity contribution in [2.75, 3.05) is 18.1 Å². The molecular formula is C19H22ClFN2O4. The number of aryl methyl sites for hydroxylation is 1. The minimum atomic E-state index is -1.30. The molecule has 27 heavy (non-hydrogen) atoms. The van der Waals surface area contributed by atoms with Crippen LogP contribution in [0.2, 0.25) is 0 Å². The molecule has 2 aromatic heterocycles. The zero-order chi connectivity index (χ0) is 18.6. The van der Waals surface area contributed by atoms with Gasteiger partial charge in [-0.2, -0.15) is 0 Å². The number of carbonyl (C=O) groups is 1. The SMILES string of the molecule is Cc1c(N2CCC[C@@H]2CO)c(F)cn2c(=O)c(C(=O)O)cc(C3CC3)c12.Cl. The van der Waals surface area contributed by atoms with Gasteiger partial charge in [-0.05, 0) is 55.7 Å². The highest BCUT2D eigenvalue weighted by atomic mass is 35.5. The number of halogens is 2. The molecule has 3 heterocycles. The highest BCUT2D eigenvalue weighted by molar-refractivity contribution is 5.89. The van der Waals surface area contributed by atoms with E-state index in [0.29, 0.717) is 23.3 Å². The number of anilines is 1. The van der Waals surface area contributed by atoms with Gasteiger partial charge < -0.3 is 15.1 Å². The van der Waals surface area contributed by atoms with Crippen LogP contribution >= 0.6 is 12.4 Å². The van der Waals surface area contributed by atoms with E-state index in [0.717, 1.165) is 41.8 Å². The average Bonchev–Trinajstić information content (AvgIpc) is 3.34. The third-order valence-corrected chi connectivity index (χ3v) is 5.57. The van der Waals surface area contributed by atoms with Gasteiger partial charge in [0.25, 0.3) is 5.56 Å². The van der Waals surface area contributed by atoms with Crippen LogP contribution < -0.4 is 10.5 Å². The van der Waals surface area contributed by atoms with Crippen LogP contribution in [0.25, 0.3) is 5.52 Å². The fraction of sp³-hybridized carbons (Fsp3) is 0.474. The lowest BCUT2D eigenvalue weighted by molar-refractivity contribution is 0.0694. The minimum absolute atomic E-state index is 0. The second-order valence-electron chi connectivity index (χ2n) is 7.24. The Labute approximate surface area is 161 Å². The Morgan fingerprint density at radius 1 is 1.33 bits per heavy atom. The number of carboxylic acid groups (broad SMARTS) is 1. The van der Waals surface area contributed by atoms with E-state index < -0.39 is 17.3 Å². The monoisotopic (exact) mass is 396 g/mol. The van der Waals surface area contributed by atoms with E-state index in [1.54, 1.807) is 6.92 Å². The summed E-state index contributed by atoms with van der Waals surface area (Å²) in [4.78, 5) is 25.9. The summed E-state index contributed by atoms with van der Waals surface area (Å²) < 4.78 is 16.1. The summed E-state index contributed by atoms with van der Waals surface area (Å²) in [6.45, 7) is 2.37. The van der Waals surface area contributed by atoms with Crippen molar-refractivity contribution < 1.29 is 19.4 Å². The van der Waals surface area contributed by atoms with Gasteiger partial charge in [-0.15, -0.1) is 12.4 Å². The molecule has 0 amide bonds. The lowest BCUT2D eigenvalue weighted by atomic mass is 10.0. The summed E-state index contributed by atoms with van der Waals surface area (Å²) >= 11 is 0. The minimum Gasteiger partial charge on any atom is -0.477 e. The van der Waals surface area contributed by atoms with E-state index in [1.165, 1.54) is 6.07 Å². The lowest BCUT2D eigenvalue weighted by Gasteiger charge is -2.28. The number of rotatable bonds is 4. The highest BCUT2D eigenvalue weighted by Crippen LogP contribution is 2.44. The van der Waals surface area contributed by atoms with E-state index in [-0.39, 0.29) is 36.5 Å². The first-order valence-electron chi connectivity index (χ1n) is 8.93. The van der Waals surface area contributed by atoms with Gasteiger partial charge in [0.1, 0.15) is 5.56 Å². The molecule has 0 bridgehead atoms. The van der Waals surface area contributed by atoms with Crippen LogP contribution in [0.5, 0.6) is 0 Å². The Balaban J connectivity index is 0.00000210. The summed E-state index contributed by atoms with van der Waals surface area (Å²) in [7, 11) is 0. The maximum Gasteiger partial charge on any atom is 0.341 e. The van der Waals surface area contributed by atoms with E-state index in [2.05, 4.69) is 0 Å². The van der Waals surface area contributed by atoms with E-state index >= 15 is 0 Å². The first-order chi connectivity index (χ1) is 12.4. The standard InChI is InChI=1S/C19H21FN2O4.ClH/c1-10-16-13(11-4-5-11)7-14(19(25)26)18(24)22(16)8-15(20)17(10)21-6-2-3-12(21)9-23;/h7-8,11-12,23H,2-6,9H2,1H3,(H,25,26);1H/t12-;/m1./s1. The van der Waals surface area contributed by atoms with Crippen LogP contribution in [-0.2, 0) is 0 Å². The van der Waals surface area contributed by atoms with Crippen LogP contribution in [0.15, 0.2) is 17.1 Å². The normalized spacial score (nSPS) is 19.4. The van der Waals surface area contributed by atoms with Gasteiger partial charge >= 0.3 is 5.97 Å². The molecule has 2 fully saturated rings. The number of aliphatic hydroxyl groups is 1. The summed E-state index contributed by atoms with van der Waals surface area (Å²) in [5.74, 6) is -1.66. The summed E-state index contributed by atoms with van der Waals surface area (Å²) in [6, 6.07) is 1.32. The zero-order valence-electron chi connectivity index (χ0n) is 14.9. The van der Waals surface area contributed by atoms with Crippen molar-refractivity contribution in [1.82, 2.24) is 4.40 Å². The maximum absolute atomic E-state index is 15.0. The molecule has 4 rings (SSSR count). The smallest absolute Gasteiger partial charge is 0.341 e. The second kappa shape index (κ2) is 7.13. The number of hydrogen-bond acceptors (Lipinski definition) is 4. The van der Waals surface area contributed by atoms with Gasteiger partial charge in [0.2, 0.25) is 0 Å². The number of aromatic carboxylic acids is 1.